The summed E-state index contributed by atoms with van der Waals surface area (Å²) in [6.07, 6.45) is 1.11. The lowest BCUT2D eigenvalue weighted by molar-refractivity contribution is -0.141. The second-order valence-electron chi connectivity index (χ2n) is 7.80. The minimum Gasteiger partial charge on any atom is -0.460 e. The summed E-state index contributed by atoms with van der Waals surface area (Å²) in [5.41, 5.74) is 0.366. The first kappa shape index (κ1) is 38.1. The van der Waals surface area contributed by atoms with Crippen molar-refractivity contribution in [1.29, 1.82) is 0 Å². The summed E-state index contributed by atoms with van der Waals surface area (Å²) in [5.74, 6) is -0.879. The van der Waals surface area contributed by atoms with Crippen LogP contribution < -0.4 is 0 Å². The Balaban J connectivity index is 3.08. The van der Waals surface area contributed by atoms with Crippen LogP contribution >= 0.6 is 0 Å². The molecule has 0 aromatic carbocycles. The molecule has 0 bridgehead atoms. The van der Waals surface area contributed by atoms with E-state index in [4.69, 9.17) is 52.1 Å². The lowest BCUT2D eigenvalue weighted by Gasteiger charge is -2.09. The summed E-state index contributed by atoms with van der Waals surface area (Å²) in [7, 11) is 0. The van der Waals surface area contributed by atoms with Crippen LogP contribution in [0, 0.1) is 0 Å². The number of carbonyl (C=O) groups is 2. The lowest BCUT2D eigenvalue weighted by Crippen LogP contribution is -2.15. The van der Waals surface area contributed by atoms with E-state index in [-0.39, 0.29) is 13.2 Å². The molecule has 234 valence electrons. The van der Waals surface area contributed by atoms with Gasteiger partial charge in [-0.1, -0.05) is 13.2 Å². The molecule has 0 aromatic rings. The monoisotopic (exact) mass is 580 g/mol. The first-order valence-corrected chi connectivity index (χ1v) is 13.4. The summed E-state index contributed by atoms with van der Waals surface area (Å²) in [6.45, 7) is 16.8. The molecule has 0 saturated carbocycles. The number of carbonyl (C=O) groups excluding carboxylic acids is 2. The molecule has 0 spiro atoms. The molecular weight excluding hydrogens is 532 g/mol. The molecular formula is C27H48O13. The van der Waals surface area contributed by atoms with Crippen molar-refractivity contribution in [3.8, 4) is 0 Å². The van der Waals surface area contributed by atoms with E-state index < -0.39 is 11.9 Å². The molecule has 13 nitrogen and oxygen atoms in total. The molecule has 0 unspecified atom stereocenters. The second-order valence-corrected chi connectivity index (χ2v) is 7.80. The number of hydrogen-bond donors (Lipinski definition) is 0. The molecule has 0 aliphatic heterocycles. The third-order valence-electron chi connectivity index (χ3n) is 4.42. The highest BCUT2D eigenvalue weighted by Crippen LogP contribution is 1.92. The van der Waals surface area contributed by atoms with Crippen molar-refractivity contribution in [3.05, 3.63) is 24.8 Å². The minimum atomic E-state index is -0.463. The Bertz CT molecular complexity index is 615. The summed E-state index contributed by atoms with van der Waals surface area (Å²) in [5, 5.41) is 0. The van der Waals surface area contributed by atoms with Crippen LogP contribution in [0.1, 0.15) is 6.92 Å². The fraction of sp³-hybridized carbons (Fsp3) is 0.778. The van der Waals surface area contributed by atoms with E-state index in [0.29, 0.717) is 124 Å². The topological polar surface area (TPSA) is 136 Å². The second kappa shape index (κ2) is 31.6. The van der Waals surface area contributed by atoms with Crippen LogP contribution in [-0.2, 0) is 61.7 Å². The Kier molecular flexibility index (Phi) is 30.1. The number of rotatable bonds is 32. The molecule has 0 aromatic heterocycles. The predicted molar refractivity (Wildman–Crippen MR) is 144 cm³/mol. The van der Waals surface area contributed by atoms with Crippen molar-refractivity contribution in [2.24, 2.45) is 0 Å². The molecule has 0 fully saturated rings. The Labute approximate surface area is 237 Å². The van der Waals surface area contributed by atoms with Gasteiger partial charge in [-0.05, 0) is 6.92 Å². The van der Waals surface area contributed by atoms with Crippen molar-refractivity contribution in [2.75, 3.05) is 132 Å². The zero-order chi connectivity index (χ0) is 29.4. The molecule has 0 aliphatic carbocycles. The van der Waals surface area contributed by atoms with Gasteiger partial charge in [-0.3, -0.25) is 0 Å². The van der Waals surface area contributed by atoms with Gasteiger partial charge in [0.15, 0.2) is 0 Å². The van der Waals surface area contributed by atoms with Gasteiger partial charge in [0.25, 0.3) is 0 Å². The largest absolute Gasteiger partial charge is 0.460 e. The molecule has 0 radical (unpaired) electrons. The molecule has 0 N–H and O–H groups in total. The SMILES string of the molecule is C=CC(=O)OCCOCCOCCOCCOCCOCCOCCOCCOCCOCCOC(=O)C(=C)C. The minimum absolute atomic E-state index is 0.195. The summed E-state index contributed by atoms with van der Waals surface area (Å²) < 4.78 is 58.1. The summed E-state index contributed by atoms with van der Waals surface area (Å²) in [6, 6.07) is 0. The molecule has 13 heteroatoms. The van der Waals surface area contributed by atoms with E-state index in [1.54, 1.807) is 6.92 Å². The van der Waals surface area contributed by atoms with Crippen LogP contribution in [0.15, 0.2) is 24.8 Å². The molecule has 0 aliphatic rings. The van der Waals surface area contributed by atoms with Gasteiger partial charge < -0.3 is 52.1 Å². The van der Waals surface area contributed by atoms with E-state index in [2.05, 4.69) is 13.2 Å². The fourth-order valence-corrected chi connectivity index (χ4v) is 2.44. The number of hydrogen-bond acceptors (Lipinski definition) is 13. The van der Waals surface area contributed by atoms with Gasteiger partial charge in [0.1, 0.15) is 13.2 Å². The van der Waals surface area contributed by atoms with Gasteiger partial charge in [-0.15, -0.1) is 0 Å². The number of esters is 2. The van der Waals surface area contributed by atoms with Crippen LogP contribution in [-0.4, -0.2) is 144 Å². The van der Waals surface area contributed by atoms with Crippen molar-refractivity contribution in [2.45, 2.75) is 6.92 Å². The van der Waals surface area contributed by atoms with E-state index in [1.165, 1.54) is 0 Å². The normalized spacial score (nSPS) is 10.9. The van der Waals surface area contributed by atoms with E-state index in [1.807, 2.05) is 0 Å². The quantitative estimate of drug-likeness (QED) is 0.0636. The zero-order valence-corrected chi connectivity index (χ0v) is 23.9. The van der Waals surface area contributed by atoms with Crippen LogP contribution in [0.5, 0.6) is 0 Å². The standard InChI is InChI=1S/C27H48O13/c1-4-26(28)39-23-21-37-19-17-35-15-13-33-11-9-31-7-5-30-6-8-32-10-12-34-14-16-36-18-20-38-22-24-40-27(29)25(2)3/h4H,1-2,5-24H2,3H3. The van der Waals surface area contributed by atoms with Gasteiger partial charge in [0, 0.05) is 11.6 Å². The maximum Gasteiger partial charge on any atom is 0.333 e. The molecule has 0 rings (SSSR count). The van der Waals surface area contributed by atoms with E-state index in [9.17, 15) is 9.59 Å². The van der Waals surface area contributed by atoms with Crippen molar-refractivity contribution in [1.82, 2.24) is 0 Å². The Morgan fingerprint density at radius 3 is 0.900 bits per heavy atom. The van der Waals surface area contributed by atoms with Gasteiger partial charge in [-0.25, -0.2) is 9.59 Å². The Hall–Kier alpha value is -1.94. The first-order chi connectivity index (χ1) is 19.6. The molecule has 0 amide bonds. The van der Waals surface area contributed by atoms with Gasteiger partial charge in [-0.2, -0.15) is 0 Å². The first-order valence-electron chi connectivity index (χ1n) is 13.4. The number of ether oxygens (including phenoxy) is 11. The highest BCUT2D eigenvalue weighted by molar-refractivity contribution is 5.86. The van der Waals surface area contributed by atoms with Crippen LogP contribution in [0.25, 0.3) is 0 Å². The molecule has 0 atom stereocenters. The molecule has 0 saturated heterocycles. The van der Waals surface area contributed by atoms with Gasteiger partial charge in [0.05, 0.1) is 119 Å². The maximum absolute atomic E-state index is 11.2. The summed E-state index contributed by atoms with van der Waals surface area (Å²) in [4.78, 5) is 22.0. The predicted octanol–water partition coefficient (Wildman–Crippen LogP) is 0.984. The van der Waals surface area contributed by atoms with Gasteiger partial charge in [0.2, 0.25) is 0 Å². The van der Waals surface area contributed by atoms with E-state index >= 15 is 0 Å². The average molecular weight is 581 g/mol. The average Bonchev–Trinajstić information content (AvgIpc) is 2.95. The third-order valence-corrected chi connectivity index (χ3v) is 4.42. The Morgan fingerprint density at radius 1 is 0.450 bits per heavy atom. The van der Waals surface area contributed by atoms with Crippen LogP contribution in [0.2, 0.25) is 0 Å². The maximum atomic E-state index is 11.2. The van der Waals surface area contributed by atoms with Crippen molar-refractivity contribution in [3.63, 3.8) is 0 Å². The smallest absolute Gasteiger partial charge is 0.333 e. The Morgan fingerprint density at radius 2 is 0.675 bits per heavy atom. The molecule has 40 heavy (non-hydrogen) atoms. The third kappa shape index (κ3) is 30.6. The van der Waals surface area contributed by atoms with Crippen LogP contribution in [0.4, 0.5) is 0 Å². The molecule has 0 heterocycles. The van der Waals surface area contributed by atoms with Crippen molar-refractivity contribution < 1.29 is 61.7 Å². The van der Waals surface area contributed by atoms with Crippen LogP contribution in [0.3, 0.4) is 0 Å². The fourth-order valence-electron chi connectivity index (χ4n) is 2.44. The van der Waals surface area contributed by atoms with E-state index in [0.717, 1.165) is 6.08 Å². The van der Waals surface area contributed by atoms with Gasteiger partial charge >= 0.3 is 11.9 Å². The highest BCUT2D eigenvalue weighted by Gasteiger charge is 2.02. The zero-order valence-electron chi connectivity index (χ0n) is 23.9. The summed E-state index contributed by atoms with van der Waals surface area (Å²) >= 11 is 0. The van der Waals surface area contributed by atoms with Crippen molar-refractivity contribution >= 4 is 11.9 Å². The lowest BCUT2D eigenvalue weighted by atomic mass is 10.4. The highest BCUT2D eigenvalue weighted by atomic mass is 16.6.